The van der Waals surface area contributed by atoms with E-state index in [0.29, 0.717) is 17.6 Å². The summed E-state index contributed by atoms with van der Waals surface area (Å²) in [5.74, 6) is 1.07. The topological polar surface area (TPSA) is 126 Å². The van der Waals surface area contributed by atoms with Crippen molar-refractivity contribution < 1.29 is 9.34 Å². The third-order valence-corrected chi connectivity index (χ3v) is 3.94. The zero-order chi connectivity index (χ0) is 16.8. The maximum absolute atomic E-state index is 10.7. The first-order valence-electron chi connectivity index (χ1n) is 7.16. The maximum Gasteiger partial charge on any atom is 0.433 e. The van der Waals surface area contributed by atoms with Gasteiger partial charge in [0.2, 0.25) is 0 Å². The van der Waals surface area contributed by atoms with Gasteiger partial charge in [-0.25, -0.2) is 9.97 Å². The molecule has 0 aliphatic heterocycles. The van der Waals surface area contributed by atoms with Crippen molar-refractivity contribution in [3.8, 4) is 17.4 Å². The van der Waals surface area contributed by atoms with Crippen molar-refractivity contribution in [1.29, 1.82) is 0 Å². The van der Waals surface area contributed by atoms with E-state index >= 15 is 0 Å². The van der Waals surface area contributed by atoms with Crippen LogP contribution in [0.1, 0.15) is 24.5 Å². The fourth-order valence-electron chi connectivity index (χ4n) is 2.33. The molecule has 3 aromatic heterocycles. The molecule has 2 N–H and O–H groups in total. The molecule has 0 atom stereocenters. The molecule has 0 aromatic carbocycles. The summed E-state index contributed by atoms with van der Waals surface area (Å²) in [6, 6.07) is 4.46. The smallest absolute Gasteiger partial charge is 0.397 e. The van der Waals surface area contributed by atoms with Crippen LogP contribution in [0.25, 0.3) is 17.4 Å². The number of halogens is 1. The van der Waals surface area contributed by atoms with Crippen molar-refractivity contribution in [2.24, 2.45) is 0 Å². The molecule has 1 aliphatic carbocycles. The lowest BCUT2D eigenvalue weighted by Crippen LogP contribution is -2.06. The molecule has 3 aromatic rings. The number of furan rings is 1. The summed E-state index contributed by atoms with van der Waals surface area (Å²) in [6.07, 6.45) is 3.57. The highest BCUT2D eigenvalue weighted by molar-refractivity contribution is 6.32. The van der Waals surface area contributed by atoms with Gasteiger partial charge in [0, 0.05) is 12.0 Å². The number of hydrogen-bond donors (Lipinski definition) is 1. The van der Waals surface area contributed by atoms with Gasteiger partial charge in [0.15, 0.2) is 17.4 Å². The summed E-state index contributed by atoms with van der Waals surface area (Å²) in [5.41, 5.74) is 6.91. The lowest BCUT2D eigenvalue weighted by Gasteiger charge is -2.06. The predicted molar refractivity (Wildman–Crippen MR) is 84.9 cm³/mol. The van der Waals surface area contributed by atoms with Gasteiger partial charge in [0.05, 0.1) is 18.0 Å². The van der Waals surface area contributed by atoms with Gasteiger partial charge >= 0.3 is 5.88 Å². The molecule has 10 heteroatoms. The van der Waals surface area contributed by atoms with Crippen LogP contribution in [-0.2, 0) is 0 Å². The largest absolute Gasteiger partial charge is 0.433 e. The Morgan fingerprint density at radius 1 is 1.42 bits per heavy atom. The number of aromatic nitrogens is 4. The minimum Gasteiger partial charge on any atom is -0.397 e. The number of nitrogen functional groups attached to an aromatic ring is 1. The highest BCUT2D eigenvalue weighted by Gasteiger charge is 2.28. The quantitative estimate of drug-likeness (QED) is 0.568. The Bertz CT molecular complexity index is 946. The highest BCUT2D eigenvalue weighted by Crippen LogP contribution is 2.40. The van der Waals surface area contributed by atoms with E-state index in [2.05, 4.69) is 15.1 Å². The average molecular weight is 347 g/mol. The van der Waals surface area contributed by atoms with Crippen molar-refractivity contribution in [3.63, 3.8) is 0 Å². The molecule has 0 radical (unpaired) electrons. The molecule has 24 heavy (non-hydrogen) atoms. The number of anilines is 1. The van der Waals surface area contributed by atoms with Gasteiger partial charge in [-0.1, -0.05) is 11.6 Å². The van der Waals surface area contributed by atoms with Crippen molar-refractivity contribution in [1.82, 2.24) is 19.7 Å². The fourth-order valence-corrected chi connectivity index (χ4v) is 2.51. The Morgan fingerprint density at radius 3 is 2.88 bits per heavy atom. The van der Waals surface area contributed by atoms with E-state index < -0.39 is 4.92 Å². The van der Waals surface area contributed by atoms with Crippen LogP contribution in [0.3, 0.4) is 0 Å². The summed E-state index contributed by atoms with van der Waals surface area (Å²) < 4.78 is 6.56. The van der Waals surface area contributed by atoms with Gasteiger partial charge in [0.25, 0.3) is 0 Å². The third kappa shape index (κ3) is 2.48. The van der Waals surface area contributed by atoms with Crippen LogP contribution in [0.4, 0.5) is 11.7 Å². The summed E-state index contributed by atoms with van der Waals surface area (Å²) in [4.78, 5) is 18.4. The molecule has 1 aliphatic rings. The Hall–Kier alpha value is -2.94. The number of nitrogens with two attached hydrogens (primary N) is 1. The summed E-state index contributed by atoms with van der Waals surface area (Å²) in [7, 11) is 0. The van der Waals surface area contributed by atoms with Crippen LogP contribution in [-0.4, -0.2) is 24.7 Å². The van der Waals surface area contributed by atoms with Crippen molar-refractivity contribution in [2.75, 3.05) is 5.73 Å². The Kier molecular flexibility index (Phi) is 3.24. The SMILES string of the molecule is Nc1cc(C2CC2)nn1-c1nc(-c2ccc([N+](=O)[O-])o2)ncc1Cl. The number of nitrogens with zero attached hydrogens (tertiary/aromatic N) is 5. The molecule has 0 spiro atoms. The maximum atomic E-state index is 10.7. The van der Waals surface area contributed by atoms with E-state index in [9.17, 15) is 10.1 Å². The molecule has 0 saturated heterocycles. The van der Waals surface area contributed by atoms with E-state index in [4.69, 9.17) is 21.8 Å². The van der Waals surface area contributed by atoms with E-state index in [0.717, 1.165) is 18.5 Å². The van der Waals surface area contributed by atoms with Crippen LogP contribution >= 0.6 is 11.6 Å². The highest BCUT2D eigenvalue weighted by atomic mass is 35.5. The van der Waals surface area contributed by atoms with Gasteiger partial charge in [-0.15, -0.1) is 0 Å². The predicted octanol–water partition coefficient (Wildman–Crippen LogP) is 2.94. The summed E-state index contributed by atoms with van der Waals surface area (Å²) in [6.45, 7) is 0. The zero-order valence-electron chi connectivity index (χ0n) is 12.2. The van der Waals surface area contributed by atoms with Crippen LogP contribution in [0.2, 0.25) is 5.02 Å². The van der Waals surface area contributed by atoms with Crippen molar-refractivity contribution in [3.05, 3.63) is 45.2 Å². The van der Waals surface area contributed by atoms with Crippen molar-refractivity contribution >= 4 is 23.3 Å². The molecule has 0 unspecified atom stereocenters. The molecular weight excluding hydrogens is 336 g/mol. The monoisotopic (exact) mass is 346 g/mol. The molecule has 1 fully saturated rings. The number of nitro groups is 1. The second kappa shape index (κ2) is 5.31. The number of hydrogen-bond acceptors (Lipinski definition) is 7. The lowest BCUT2D eigenvalue weighted by molar-refractivity contribution is -0.401. The molecular formula is C14H11ClN6O3. The minimum absolute atomic E-state index is 0.158. The fraction of sp³-hybridized carbons (Fsp3) is 0.214. The van der Waals surface area contributed by atoms with Gasteiger partial charge in [-0.05, 0) is 18.9 Å². The van der Waals surface area contributed by atoms with Gasteiger partial charge in [-0.3, -0.25) is 10.1 Å². The van der Waals surface area contributed by atoms with E-state index in [1.807, 2.05) is 0 Å². The van der Waals surface area contributed by atoms with E-state index in [1.165, 1.54) is 23.0 Å². The Morgan fingerprint density at radius 2 is 2.21 bits per heavy atom. The second-order valence-electron chi connectivity index (χ2n) is 5.44. The Labute approximate surface area is 140 Å². The normalized spacial score (nSPS) is 14.0. The first-order chi connectivity index (χ1) is 11.5. The molecule has 4 rings (SSSR count). The van der Waals surface area contributed by atoms with Crippen LogP contribution < -0.4 is 5.73 Å². The standard InChI is InChI=1S/C14H11ClN6O3/c15-8-6-17-13(10-3-4-12(24-10)21(22)23)18-14(8)20-11(16)5-9(19-20)7-1-2-7/h3-7H,1-2,16H2. The van der Waals surface area contributed by atoms with Crippen LogP contribution in [0.15, 0.2) is 28.8 Å². The molecule has 3 heterocycles. The molecule has 0 bridgehead atoms. The van der Waals surface area contributed by atoms with E-state index in [-0.39, 0.29) is 22.5 Å². The van der Waals surface area contributed by atoms with E-state index in [1.54, 1.807) is 6.07 Å². The third-order valence-electron chi connectivity index (χ3n) is 3.67. The molecule has 9 nitrogen and oxygen atoms in total. The Balaban J connectivity index is 1.77. The number of rotatable bonds is 4. The molecule has 1 saturated carbocycles. The first-order valence-corrected chi connectivity index (χ1v) is 7.53. The lowest BCUT2D eigenvalue weighted by atomic mass is 10.3. The van der Waals surface area contributed by atoms with Crippen molar-refractivity contribution in [2.45, 2.75) is 18.8 Å². The van der Waals surface area contributed by atoms with Gasteiger partial charge in [0.1, 0.15) is 15.8 Å². The van der Waals surface area contributed by atoms with Crippen LogP contribution in [0, 0.1) is 10.1 Å². The summed E-state index contributed by atoms with van der Waals surface area (Å²) >= 11 is 6.17. The molecule has 122 valence electrons. The van der Waals surface area contributed by atoms with Crippen LogP contribution in [0.5, 0.6) is 0 Å². The zero-order valence-corrected chi connectivity index (χ0v) is 13.0. The first kappa shape index (κ1) is 14.6. The summed E-state index contributed by atoms with van der Waals surface area (Å²) in [5, 5.41) is 15.4. The average Bonchev–Trinajstić information content (AvgIpc) is 3.15. The second-order valence-corrected chi connectivity index (χ2v) is 5.85. The minimum atomic E-state index is -0.631. The van der Waals surface area contributed by atoms with Gasteiger partial charge < -0.3 is 10.2 Å². The van der Waals surface area contributed by atoms with Gasteiger partial charge in [-0.2, -0.15) is 9.78 Å². The molecule has 0 amide bonds.